The molecule has 4 rings (SSSR count). The number of carbonyl (C=O) groups is 1. The van der Waals surface area contributed by atoms with Crippen LogP contribution >= 0.6 is 34.5 Å². The number of hydrogen-bond donors (Lipinski definition) is 2. The highest BCUT2D eigenvalue weighted by Gasteiger charge is 2.31. The molecule has 3 nitrogen and oxygen atoms in total. The molecule has 1 aliphatic rings. The number of fused-ring (bicyclic) bond motifs is 1. The van der Waals surface area contributed by atoms with Gasteiger partial charge in [-0.25, -0.2) is 0 Å². The Labute approximate surface area is 153 Å². The SMILES string of the molecule is O=C1N[C@H](c2c(Cl)cccc2Cl)Nc2scc(-c3ccccc3)c21. The molecule has 0 saturated carbocycles. The van der Waals surface area contributed by atoms with Gasteiger partial charge in [0.05, 0.1) is 5.56 Å². The van der Waals surface area contributed by atoms with Gasteiger partial charge in [-0.1, -0.05) is 59.6 Å². The van der Waals surface area contributed by atoms with Crippen LogP contribution in [0.2, 0.25) is 10.0 Å². The highest BCUT2D eigenvalue weighted by Crippen LogP contribution is 2.41. The van der Waals surface area contributed by atoms with E-state index in [0.717, 1.165) is 16.1 Å². The number of anilines is 1. The number of thiophene rings is 1. The Hall–Kier alpha value is -2.01. The van der Waals surface area contributed by atoms with E-state index in [1.807, 2.05) is 35.7 Å². The zero-order chi connectivity index (χ0) is 16.7. The second kappa shape index (κ2) is 6.13. The molecular weight excluding hydrogens is 363 g/mol. The summed E-state index contributed by atoms with van der Waals surface area (Å²) < 4.78 is 0. The fourth-order valence-electron chi connectivity index (χ4n) is 2.82. The molecule has 0 fully saturated rings. The van der Waals surface area contributed by atoms with Gasteiger partial charge in [0.1, 0.15) is 11.2 Å². The molecule has 1 aliphatic heterocycles. The summed E-state index contributed by atoms with van der Waals surface area (Å²) in [5.74, 6) is -0.134. The molecule has 120 valence electrons. The van der Waals surface area contributed by atoms with E-state index in [0.29, 0.717) is 21.2 Å². The van der Waals surface area contributed by atoms with Crippen LogP contribution in [-0.4, -0.2) is 5.91 Å². The van der Waals surface area contributed by atoms with Crippen LogP contribution in [0.15, 0.2) is 53.9 Å². The zero-order valence-electron chi connectivity index (χ0n) is 12.3. The van der Waals surface area contributed by atoms with E-state index < -0.39 is 6.17 Å². The van der Waals surface area contributed by atoms with Crippen LogP contribution in [0, 0.1) is 0 Å². The van der Waals surface area contributed by atoms with Crippen molar-refractivity contribution in [1.29, 1.82) is 0 Å². The van der Waals surface area contributed by atoms with Gasteiger partial charge in [-0.05, 0) is 17.7 Å². The summed E-state index contributed by atoms with van der Waals surface area (Å²) in [7, 11) is 0. The van der Waals surface area contributed by atoms with Crippen LogP contribution in [0.3, 0.4) is 0 Å². The van der Waals surface area contributed by atoms with Crippen molar-refractivity contribution in [2.45, 2.75) is 6.17 Å². The van der Waals surface area contributed by atoms with Crippen molar-refractivity contribution in [3.05, 3.63) is 75.1 Å². The third kappa shape index (κ3) is 2.57. The van der Waals surface area contributed by atoms with Crippen molar-refractivity contribution in [2.75, 3.05) is 5.32 Å². The molecule has 0 saturated heterocycles. The summed E-state index contributed by atoms with van der Waals surface area (Å²) in [5.41, 5.74) is 3.27. The van der Waals surface area contributed by atoms with Crippen molar-refractivity contribution in [1.82, 2.24) is 5.32 Å². The predicted octanol–water partition coefficient (Wildman–Crippen LogP) is 5.58. The lowest BCUT2D eigenvalue weighted by Crippen LogP contribution is -2.38. The maximum absolute atomic E-state index is 12.7. The first kappa shape index (κ1) is 15.5. The van der Waals surface area contributed by atoms with E-state index in [4.69, 9.17) is 23.2 Å². The Morgan fingerprint density at radius 1 is 0.917 bits per heavy atom. The minimum Gasteiger partial charge on any atom is -0.353 e. The molecule has 1 amide bonds. The number of hydrogen-bond acceptors (Lipinski definition) is 3. The van der Waals surface area contributed by atoms with E-state index in [2.05, 4.69) is 10.6 Å². The van der Waals surface area contributed by atoms with E-state index in [9.17, 15) is 4.79 Å². The monoisotopic (exact) mass is 374 g/mol. The number of carbonyl (C=O) groups excluding carboxylic acids is 1. The minimum atomic E-state index is -0.450. The summed E-state index contributed by atoms with van der Waals surface area (Å²) in [4.78, 5) is 12.7. The van der Waals surface area contributed by atoms with Crippen LogP contribution in [0.4, 0.5) is 5.00 Å². The maximum Gasteiger partial charge on any atom is 0.256 e. The van der Waals surface area contributed by atoms with Crippen LogP contribution in [0.5, 0.6) is 0 Å². The fourth-order valence-corrected chi connectivity index (χ4v) is 4.43. The standard InChI is InChI=1S/C18H12Cl2N2OS/c19-12-7-4-8-13(20)15(12)16-21-17(23)14-11(9-24-18(14)22-16)10-5-2-1-3-6-10/h1-9,16,22H,(H,21,23)/t16-/m0/s1. The Morgan fingerprint density at radius 2 is 1.62 bits per heavy atom. The van der Waals surface area contributed by atoms with E-state index in [1.165, 1.54) is 11.3 Å². The van der Waals surface area contributed by atoms with Crippen LogP contribution in [-0.2, 0) is 0 Å². The third-order valence-corrected chi connectivity index (χ3v) is 5.51. The first-order chi connectivity index (χ1) is 11.6. The summed E-state index contributed by atoms with van der Waals surface area (Å²) in [6.45, 7) is 0. The molecule has 2 heterocycles. The van der Waals surface area contributed by atoms with Crippen molar-refractivity contribution in [2.24, 2.45) is 0 Å². The number of halogens is 2. The average Bonchev–Trinajstić information content (AvgIpc) is 3.00. The zero-order valence-corrected chi connectivity index (χ0v) is 14.7. The van der Waals surface area contributed by atoms with Gasteiger partial charge in [-0.15, -0.1) is 11.3 Å². The normalized spacial score (nSPS) is 16.2. The lowest BCUT2D eigenvalue weighted by Gasteiger charge is -2.28. The summed E-state index contributed by atoms with van der Waals surface area (Å²) in [6, 6.07) is 15.2. The molecule has 0 bridgehead atoms. The van der Waals surface area contributed by atoms with Gasteiger partial charge < -0.3 is 10.6 Å². The van der Waals surface area contributed by atoms with Gasteiger partial charge in [0, 0.05) is 26.6 Å². The van der Waals surface area contributed by atoms with E-state index in [-0.39, 0.29) is 5.91 Å². The molecule has 24 heavy (non-hydrogen) atoms. The Balaban J connectivity index is 1.75. The number of benzene rings is 2. The molecule has 0 spiro atoms. The molecule has 2 N–H and O–H groups in total. The number of rotatable bonds is 2. The first-order valence-corrected chi connectivity index (χ1v) is 8.97. The van der Waals surface area contributed by atoms with Crippen molar-refractivity contribution in [3.8, 4) is 11.1 Å². The maximum atomic E-state index is 12.7. The van der Waals surface area contributed by atoms with Gasteiger partial charge in [0.2, 0.25) is 0 Å². The second-order valence-electron chi connectivity index (χ2n) is 5.41. The van der Waals surface area contributed by atoms with E-state index >= 15 is 0 Å². The van der Waals surface area contributed by atoms with Crippen LogP contribution in [0.1, 0.15) is 22.1 Å². The minimum absolute atomic E-state index is 0.134. The highest BCUT2D eigenvalue weighted by molar-refractivity contribution is 7.15. The summed E-state index contributed by atoms with van der Waals surface area (Å²) in [5, 5.41) is 10.1. The van der Waals surface area contributed by atoms with Crippen LogP contribution in [0.25, 0.3) is 11.1 Å². The summed E-state index contributed by atoms with van der Waals surface area (Å²) >= 11 is 14.0. The van der Waals surface area contributed by atoms with Gasteiger partial charge in [-0.2, -0.15) is 0 Å². The first-order valence-electron chi connectivity index (χ1n) is 7.33. The molecule has 3 aromatic rings. The van der Waals surface area contributed by atoms with Gasteiger partial charge in [0.25, 0.3) is 5.91 Å². The lowest BCUT2D eigenvalue weighted by molar-refractivity contribution is 0.0937. The molecule has 1 aromatic heterocycles. The third-order valence-electron chi connectivity index (χ3n) is 3.94. The lowest BCUT2D eigenvalue weighted by atomic mass is 10.0. The largest absolute Gasteiger partial charge is 0.353 e. The van der Waals surface area contributed by atoms with Gasteiger partial charge >= 0.3 is 0 Å². The van der Waals surface area contributed by atoms with Crippen molar-refractivity contribution in [3.63, 3.8) is 0 Å². The number of nitrogens with one attached hydrogen (secondary N) is 2. The van der Waals surface area contributed by atoms with Crippen molar-refractivity contribution >= 4 is 45.4 Å². The molecule has 6 heteroatoms. The molecule has 1 atom stereocenters. The smallest absolute Gasteiger partial charge is 0.256 e. The Morgan fingerprint density at radius 3 is 2.33 bits per heavy atom. The Kier molecular flexibility index (Phi) is 3.96. The topological polar surface area (TPSA) is 41.1 Å². The quantitative estimate of drug-likeness (QED) is 0.614. The predicted molar refractivity (Wildman–Crippen MR) is 100 cm³/mol. The van der Waals surface area contributed by atoms with Gasteiger partial charge in [-0.3, -0.25) is 4.79 Å². The molecular formula is C18H12Cl2N2OS. The molecule has 0 unspecified atom stereocenters. The second-order valence-corrected chi connectivity index (χ2v) is 7.10. The highest BCUT2D eigenvalue weighted by atomic mass is 35.5. The van der Waals surface area contributed by atoms with Crippen molar-refractivity contribution < 1.29 is 4.79 Å². The summed E-state index contributed by atoms with van der Waals surface area (Å²) in [6.07, 6.45) is -0.450. The molecule has 0 aliphatic carbocycles. The van der Waals surface area contributed by atoms with Crippen LogP contribution < -0.4 is 10.6 Å². The fraction of sp³-hybridized carbons (Fsp3) is 0.0556. The Bertz CT molecular complexity index is 904. The number of amides is 1. The van der Waals surface area contributed by atoms with E-state index in [1.54, 1.807) is 18.2 Å². The molecule has 2 aromatic carbocycles. The molecule has 0 radical (unpaired) electrons. The van der Waals surface area contributed by atoms with Gasteiger partial charge in [0.15, 0.2) is 0 Å². The average molecular weight is 375 g/mol.